The van der Waals surface area contributed by atoms with Crippen molar-refractivity contribution >= 4 is 23.4 Å². The predicted octanol–water partition coefficient (Wildman–Crippen LogP) is 0.789. The summed E-state index contributed by atoms with van der Waals surface area (Å²) in [6.45, 7) is 0.639. The molecular weight excluding hydrogens is 284 g/mol. The molecule has 0 bridgehead atoms. The van der Waals surface area contributed by atoms with E-state index in [1.165, 1.54) is 14.2 Å². The number of ether oxygens (including phenoxy) is 2. The van der Waals surface area contributed by atoms with Crippen molar-refractivity contribution in [1.82, 2.24) is 10.6 Å². The van der Waals surface area contributed by atoms with E-state index in [0.717, 1.165) is 0 Å². The van der Waals surface area contributed by atoms with Gasteiger partial charge in [-0.3, -0.25) is 9.59 Å². The van der Waals surface area contributed by atoms with Gasteiger partial charge in [-0.2, -0.15) is 0 Å². The Labute approximate surface area is 122 Å². The zero-order valence-electron chi connectivity index (χ0n) is 11.4. The number of carbonyl (C=O) groups excluding carboxylic acids is 2. The number of nitrogens with one attached hydrogen (secondary N) is 2. The second-order valence-corrected chi connectivity index (χ2v) is 4.08. The molecule has 0 aliphatic carbocycles. The van der Waals surface area contributed by atoms with E-state index in [2.05, 4.69) is 10.6 Å². The maximum atomic E-state index is 11.9. The third-order valence-electron chi connectivity index (χ3n) is 2.50. The summed E-state index contributed by atoms with van der Waals surface area (Å²) in [4.78, 5) is 22.8. The summed E-state index contributed by atoms with van der Waals surface area (Å²) in [7, 11) is 3.03. The molecule has 0 radical (unpaired) electrons. The highest BCUT2D eigenvalue weighted by atomic mass is 35.5. The fraction of sp³-hybridized carbons (Fsp3) is 0.385. The summed E-state index contributed by atoms with van der Waals surface area (Å²) < 4.78 is 10.2. The van der Waals surface area contributed by atoms with Crippen LogP contribution in [-0.4, -0.2) is 45.0 Å². The van der Waals surface area contributed by atoms with E-state index in [9.17, 15) is 9.59 Å². The van der Waals surface area contributed by atoms with Crippen LogP contribution in [0.3, 0.4) is 0 Å². The Morgan fingerprint density at radius 1 is 1.10 bits per heavy atom. The van der Waals surface area contributed by atoms with Gasteiger partial charge in [0.25, 0.3) is 5.91 Å². The zero-order valence-corrected chi connectivity index (χ0v) is 12.1. The van der Waals surface area contributed by atoms with Gasteiger partial charge in [0.15, 0.2) is 11.5 Å². The van der Waals surface area contributed by atoms with Crippen LogP contribution in [0.1, 0.15) is 10.4 Å². The number of carbonyl (C=O) groups is 2. The normalized spacial score (nSPS) is 9.75. The molecule has 2 N–H and O–H groups in total. The Kier molecular flexibility index (Phi) is 6.66. The quantitative estimate of drug-likeness (QED) is 0.576. The molecule has 1 aromatic carbocycles. The van der Waals surface area contributed by atoms with Gasteiger partial charge in [-0.1, -0.05) is 0 Å². The second kappa shape index (κ2) is 8.27. The highest BCUT2D eigenvalue weighted by Crippen LogP contribution is 2.27. The third-order valence-corrected chi connectivity index (χ3v) is 2.74. The molecule has 0 aliphatic rings. The van der Waals surface area contributed by atoms with E-state index in [0.29, 0.717) is 30.2 Å². The van der Waals surface area contributed by atoms with Gasteiger partial charge in [0.05, 0.1) is 14.2 Å². The molecular formula is C13H17ClN2O4. The summed E-state index contributed by atoms with van der Waals surface area (Å²) in [6.07, 6.45) is 0. The van der Waals surface area contributed by atoms with Gasteiger partial charge < -0.3 is 20.1 Å². The fourth-order valence-electron chi connectivity index (χ4n) is 1.50. The SMILES string of the molecule is COc1ccc(C(=O)NCCNC(=O)CCl)cc1OC. The Balaban J connectivity index is 2.53. The minimum Gasteiger partial charge on any atom is -0.493 e. The van der Waals surface area contributed by atoms with Crippen molar-refractivity contribution in [2.75, 3.05) is 33.2 Å². The Morgan fingerprint density at radius 3 is 2.35 bits per heavy atom. The number of amides is 2. The molecule has 0 spiro atoms. The fourth-order valence-corrected chi connectivity index (χ4v) is 1.60. The Morgan fingerprint density at radius 2 is 1.75 bits per heavy atom. The minimum atomic E-state index is -0.271. The summed E-state index contributed by atoms with van der Waals surface area (Å²) in [5.74, 6) is 0.413. The van der Waals surface area contributed by atoms with Gasteiger partial charge >= 0.3 is 0 Å². The van der Waals surface area contributed by atoms with Crippen molar-refractivity contribution in [3.63, 3.8) is 0 Å². The van der Waals surface area contributed by atoms with Gasteiger partial charge in [-0.25, -0.2) is 0 Å². The van der Waals surface area contributed by atoms with E-state index in [4.69, 9.17) is 21.1 Å². The summed E-state index contributed by atoms with van der Waals surface area (Å²) in [5, 5.41) is 5.22. The molecule has 0 aromatic heterocycles. The molecule has 1 aromatic rings. The van der Waals surface area contributed by atoms with Crippen molar-refractivity contribution in [3.05, 3.63) is 23.8 Å². The highest BCUT2D eigenvalue weighted by molar-refractivity contribution is 6.27. The number of rotatable bonds is 7. The lowest BCUT2D eigenvalue weighted by molar-refractivity contribution is -0.118. The zero-order chi connectivity index (χ0) is 15.0. The smallest absolute Gasteiger partial charge is 0.251 e. The van der Waals surface area contributed by atoms with Crippen LogP contribution in [0.15, 0.2) is 18.2 Å². The van der Waals surface area contributed by atoms with E-state index in [-0.39, 0.29) is 17.7 Å². The van der Waals surface area contributed by atoms with Crippen LogP contribution < -0.4 is 20.1 Å². The maximum Gasteiger partial charge on any atom is 0.251 e. The molecule has 0 heterocycles. The standard InChI is InChI=1S/C13H17ClN2O4/c1-19-10-4-3-9(7-11(10)20-2)13(18)16-6-5-15-12(17)8-14/h3-4,7H,5-6,8H2,1-2H3,(H,15,17)(H,16,18). The van der Waals surface area contributed by atoms with E-state index in [1.807, 2.05) is 0 Å². The first-order valence-electron chi connectivity index (χ1n) is 5.95. The molecule has 20 heavy (non-hydrogen) atoms. The van der Waals surface area contributed by atoms with Crippen LogP contribution in [0.4, 0.5) is 0 Å². The van der Waals surface area contributed by atoms with Crippen molar-refractivity contribution in [2.24, 2.45) is 0 Å². The summed E-state index contributed by atoms with van der Waals surface area (Å²) in [5.41, 5.74) is 0.450. The molecule has 0 fully saturated rings. The molecule has 0 aliphatic heterocycles. The van der Waals surface area contributed by atoms with Gasteiger partial charge in [0.2, 0.25) is 5.91 Å². The predicted molar refractivity (Wildman–Crippen MR) is 75.6 cm³/mol. The van der Waals surface area contributed by atoms with Gasteiger partial charge in [-0.15, -0.1) is 11.6 Å². The molecule has 6 nitrogen and oxygen atoms in total. The molecule has 1 rings (SSSR count). The third kappa shape index (κ3) is 4.62. The van der Waals surface area contributed by atoms with Crippen LogP contribution in [0.5, 0.6) is 11.5 Å². The first-order chi connectivity index (χ1) is 9.62. The maximum absolute atomic E-state index is 11.9. The Bertz CT molecular complexity index is 479. The van der Waals surface area contributed by atoms with Crippen LogP contribution in [-0.2, 0) is 4.79 Å². The molecule has 2 amide bonds. The topological polar surface area (TPSA) is 76.7 Å². The van der Waals surface area contributed by atoms with E-state index >= 15 is 0 Å². The van der Waals surface area contributed by atoms with Crippen molar-refractivity contribution in [1.29, 1.82) is 0 Å². The molecule has 110 valence electrons. The van der Waals surface area contributed by atoms with Gasteiger partial charge in [-0.05, 0) is 18.2 Å². The second-order valence-electron chi connectivity index (χ2n) is 3.81. The summed E-state index contributed by atoms with van der Waals surface area (Å²) >= 11 is 5.33. The van der Waals surface area contributed by atoms with Crippen LogP contribution in [0, 0.1) is 0 Å². The molecule has 0 atom stereocenters. The number of methoxy groups -OCH3 is 2. The van der Waals surface area contributed by atoms with Gasteiger partial charge in [0.1, 0.15) is 5.88 Å². The monoisotopic (exact) mass is 300 g/mol. The number of hydrogen-bond acceptors (Lipinski definition) is 4. The van der Waals surface area contributed by atoms with Crippen molar-refractivity contribution in [3.8, 4) is 11.5 Å². The Hall–Kier alpha value is -1.95. The molecule has 0 unspecified atom stereocenters. The molecule has 7 heteroatoms. The number of hydrogen-bond donors (Lipinski definition) is 2. The average molecular weight is 301 g/mol. The first-order valence-corrected chi connectivity index (χ1v) is 6.48. The highest BCUT2D eigenvalue weighted by Gasteiger charge is 2.10. The van der Waals surface area contributed by atoms with E-state index in [1.54, 1.807) is 18.2 Å². The minimum absolute atomic E-state index is 0.0936. The van der Waals surface area contributed by atoms with E-state index < -0.39 is 0 Å². The number of alkyl halides is 1. The largest absolute Gasteiger partial charge is 0.493 e. The van der Waals surface area contributed by atoms with Crippen LogP contribution >= 0.6 is 11.6 Å². The lowest BCUT2D eigenvalue weighted by atomic mass is 10.2. The lowest BCUT2D eigenvalue weighted by Crippen LogP contribution is -2.35. The summed E-state index contributed by atoms with van der Waals surface area (Å²) in [6, 6.07) is 4.88. The van der Waals surface area contributed by atoms with Crippen molar-refractivity contribution < 1.29 is 19.1 Å². The van der Waals surface area contributed by atoms with Gasteiger partial charge in [0, 0.05) is 18.7 Å². The van der Waals surface area contributed by atoms with Crippen LogP contribution in [0.2, 0.25) is 0 Å². The van der Waals surface area contributed by atoms with Crippen molar-refractivity contribution in [2.45, 2.75) is 0 Å². The molecule has 0 saturated carbocycles. The average Bonchev–Trinajstić information content (AvgIpc) is 2.50. The lowest BCUT2D eigenvalue weighted by Gasteiger charge is -2.10. The van der Waals surface area contributed by atoms with Crippen LogP contribution in [0.25, 0.3) is 0 Å². The number of benzene rings is 1. The molecule has 0 saturated heterocycles. The first kappa shape index (κ1) is 16.1. The number of halogens is 1.